The second-order valence-electron chi connectivity index (χ2n) is 7.97. The zero-order chi connectivity index (χ0) is 22.0. The Morgan fingerprint density at radius 1 is 1.39 bits per heavy atom. The van der Waals surface area contributed by atoms with Crippen molar-refractivity contribution in [3.8, 4) is 0 Å². The lowest BCUT2D eigenvalue weighted by Gasteiger charge is -2.14. The number of aromatic nitrogens is 5. The van der Waals surface area contributed by atoms with Gasteiger partial charge in [0.05, 0.1) is 18.5 Å². The Hall–Kier alpha value is -3.21. The van der Waals surface area contributed by atoms with Crippen LogP contribution >= 0.6 is 0 Å². The van der Waals surface area contributed by atoms with E-state index in [0.29, 0.717) is 22.8 Å². The summed E-state index contributed by atoms with van der Waals surface area (Å²) in [6.07, 6.45) is 3.03. The number of anilines is 2. The number of H-pyrrole nitrogens is 1. The monoisotopic (exact) mass is 431 g/mol. The van der Waals surface area contributed by atoms with Crippen molar-refractivity contribution in [1.82, 2.24) is 30.1 Å². The number of amides is 1. The fourth-order valence-corrected chi connectivity index (χ4v) is 3.80. The number of carbonyl (C=O) groups excluding carboxylic acids is 1. The van der Waals surface area contributed by atoms with E-state index in [1.165, 1.54) is 4.52 Å². The fraction of sp³-hybridized carbons (Fsp3) is 0.500. The fourth-order valence-electron chi connectivity index (χ4n) is 3.80. The SMILES string of the molecule is COCc1cc2c(Nc3cc(C4CCC(OC(=O)NC(C)C)C4)[nH]n3)ncc(F)n2n1. The molecule has 1 saturated carbocycles. The highest BCUT2D eigenvalue weighted by Gasteiger charge is 2.30. The van der Waals surface area contributed by atoms with E-state index in [1.54, 1.807) is 13.2 Å². The molecular weight excluding hydrogens is 405 g/mol. The predicted molar refractivity (Wildman–Crippen MR) is 111 cm³/mol. The minimum absolute atomic E-state index is 0.0406. The van der Waals surface area contributed by atoms with Gasteiger partial charge < -0.3 is 20.1 Å². The highest BCUT2D eigenvalue weighted by atomic mass is 19.1. The molecule has 2 atom stereocenters. The topological polar surface area (TPSA) is 118 Å². The normalized spacial score (nSPS) is 18.6. The third-order valence-corrected chi connectivity index (χ3v) is 5.15. The first-order chi connectivity index (χ1) is 14.9. The van der Waals surface area contributed by atoms with Crippen molar-refractivity contribution < 1.29 is 18.7 Å². The van der Waals surface area contributed by atoms with E-state index in [1.807, 2.05) is 19.9 Å². The average Bonchev–Trinajstić information content (AvgIpc) is 3.43. The lowest BCUT2D eigenvalue weighted by molar-refractivity contribution is 0.0981. The van der Waals surface area contributed by atoms with Gasteiger partial charge in [-0.3, -0.25) is 5.10 Å². The first-order valence-corrected chi connectivity index (χ1v) is 10.2. The number of alkyl carbamates (subject to hydrolysis) is 1. The van der Waals surface area contributed by atoms with Gasteiger partial charge >= 0.3 is 6.09 Å². The van der Waals surface area contributed by atoms with Crippen LogP contribution in [0.2, 0.25) is 0 Å². The van der Waals surface area contributed by atoms with Crippen molar-refractivity contribution in [2.45, 2.75) is 57.8 Å². The molecule has 11 heteroatoms. The minimum atomic E-state index is -0.566. The summed E-state index contributed by atoms with van der Waals surface area (Å²) in [6, 6.07) is 3.66. The van der Waals surface area contributed by atoms with Gasteiger partial charge in [-0.2, -0.15) is 14.6 Å². The second kappa shape index (κ2) is 8.88. The zero-order valence-electron chi connectivity index (χ0n) is 17.7. The molecule has 0 aromatic carbocycles. The number of hydrogen-bond acceptors (Lipinski definition) is 7. The molecule has 3 aromatic rings. The van der Waals surface area contributed by atoms with Gasteiger partial charge in [0.15, 0.2) is 11.6 Å². The molecule has 0 radical (unpaired) electrons. The van der Waals surface area contributed by atoms with E-state index in [-0.39, 0.29) is 30.8 Å². The predicted octanol–water partition coefficient (Wildman–Crippen LogP) is 3.25. The number of rotatable bonds is 7. The smallest absolute Gasteiger partial charge is 0.407 e. The minimum Gasteiger partial charge on any atom is -0.446 e. The number of nitrogens with zero attached hydrogens (tertiary/aromatic N) is 4. The number of nitrogens with one attached hydrogen (secondary N) is 3. The molecule has 3 aromatic heterocycles. The van der Waals surface area contributed by atoms with Gasteiger partial charge in [0.1, 0.15) is 11.6 Å². The van der Waals surface area contributed by atoms with Crippen molar-refractivity contribution in [3.63, 3.8) is 0 Å². The number of fused-ring (bicyclic) bond motifs is 1. The molecule has 0 bridgehead atoms. The molecule has 3 heterocycles. The summed E-state index contributed by atoms with van der Waals surface area (Å²) in [4.78, 5) is 16.0. The van der Waals surface area contributed by atoms with E-state index < -0.39 is 5.95 Å². The average molecular weight is 431 g/mol. The lowest BCUT2D eigenvalue weighted by atomic mass is 10.0. The van der Waals surface area contributed by atoms with E-state index in [4.69, 9.17) is 9.47 Å². The number of carbonyl (C=O) groups is 1. The number of hydrogen-bond donors (Lipinski definition) is 3. The summed E-state index contributed by atoms with van der Waals surface area (Å²) < 4.78 is 25.8. The molecule has 31 heavy (non-hydrogen) atoms. The van der Waals surface area contributed by atoms with Gasteiger partial charge in [0, 0.05) is 30.8 Å². The van der Waals surface area contributed by atoms with Crippen LogP contribution in [0.3, 0.4) is 0 Å². The van der Waals surface area contributed by atoms with Crippen LogP contribution < -0.4 is 10.6 Å². The molecule has 0 spiro atoms. The second-order valence-corrected chi connectivity index (χ2v) is 7.97. The van der Waals surface area contributed by atoms with Gasteiger partial charge in [0.25, 0.3) is 0 Å². The summed E-state index contributed by atoms with van der Waals surface area (Å²) in [5, 5.41) is 17.4. The maximum Gasteiger partial charge on any atom is 0.407 e. The summed E-state index contributed by atoms with van der Waals surface area (Å²) >= 11 is 0. The van der Waals surface area contributed by atoms with E-state index in [0.717, 1.165) is 31.2 Å². The molecule has 1 aliphatic rings. The summed E-state index contributed by atoms with van der Waals surface area (Å²) in [5.74, 6) is 0.646. The van der Waals surface area contributed by atoms with Crippen molar-refractivity contribution in [1.29, 1.82) is 0 Å². The number of ether oxygens (including phenoxy) is 2. The molecule has 0 aliphatic heterocycles. The van der Waals surface area contributed by atoms with E-state index >= 15 is 0 Å². The van der Waals surface area contributed by atoms with Gasteiger partial charge in [-0.15, -0.1) is 0 Å². The Morgan fingerprint density at radius 2 is 2.23 bits per heavy atom. The molecule has 1 fully saturated rings. The molecule has 0 saturated heterocycles. The van der Waals surface area contributed by atoms with Crippen LogP contribution in [-0.4, -0.2) is 50.1 Å². The molecule has 166 valence electrons. The highest BCUT2D eigenvalue weighted by molar-refractivity contribution is 5.72. The summed E-state index contributed by atoms with van der Waals surface area (Å²) in [5.41, 5.74) is 2.03. The maximum absolute atomic E-state index is 14.1. The van der Waals surface area contributed by atoms with Crippen LogP contribution in [0, 0.1) is 5.95 Å². The Bertz CT molecular complexity index is 1060. The number of methoxy groups -OCH3 is 1. The van der Waals surface area contributed by atoms with Crippen LogP contribution in [0.4, 0.5) is 20.8 Å². The first-order valence-electron chi connectivity index (χ1n) is 10.2. The largest absolute Gasteiger partial charge is 0.446 e. The summed E-state index contributed by atoms with van der Waals surface area (Å²) in [6.45, 7) is 4.06. The quantitative estimate of drug-likeness (QED) is 0.525. The standard InChI is InChI=1S/C20H26FN7O3/c1-11(2)23-20(29)31-14-5-4-12(6-14)15-8-18(26-25-15)24-19-16-7-13(10-30-3)27-28(16)17(21)9-22-19/h7-9,11-12,14H,4-6,10H2,1-3H3,(H,23,29)(H2,22,24,25,26). The first kappa shape index (κ1) is 21.0. The molecular formula is C20H26FN7O3. The van der Waals surface area contributed by atoms with Gasteiger partial charge in [0.2, 0.25) is 5.95 Å². The lowest BCUT2D eigenvalue weighted by Crippen LogP contribution is -2.33. The molecule has 2 unspecified atom stereocenters. The Labute approximate surface area is 178 Å². The van der Waals surface area contributed by atoms with Gasteiger partial charge in [-0.1, -0.05) is 0 Å². The molecule has 4 rings (SSSR count). The van der Waals surface area contributed by atoms with Crippen molar-refractivity contribution >= 4 is 23.2 Å². The van der Waals surface area contributed by atoms with E-state index in [2.05, 4.69) is 30.9 Å². The Balaban J connectivity index is 1.43. The van der Waals surface area contributed by atoms with Gasteiger partial charge in [-0.05, 0) is 39.2 Å². The van der Waals surface area contributed by atoms with Crippen LogP contribution in [0.15, 0.2) is 18.3 Å². The van der Waals surface area contributed by atoms with Crippen molar-refractivity contribution in [2.75, 3.05) is 12.4 Å². The summed E-state index contributed by atoms with van der Waals surface area (Å²) in [7, 11) is 1.55. The number of aromatic amines is 1. The number of halogens is 1. The van der Waals surface area contributed by atoms with Crippen molar-refractivity contribution in [3.05, 3.63) is 35.7 Å². The molecule has 3 N–H and O–H groups in total. The molecule has 1 aliphatic carbocycles. The van der Waals surface area contributed by atoms with Crippen LogP contribution in [0.1, 0.15) is 50.4 Å². The Morgan fingerprint density at radius 3 is 3.00 bits per heavy atom. The van der Waals surface area contributed by atoms with Crippen molar-refractivity contribution in [2.24, 2.45) is 0 Å². The highest BCUT2D eigenvalue weighted by Crippen LogP contribution is 2.36. The van der Waals surface area contributed by atoms with Crippen LogP contribution in [0.5, 0.6) is 0 Å². The third kappa shape index (κ3) is 4.76. The van der Waals surface area contributed by atoms with E-state index in [9.17, 15) is 9.18 Å². The third-order valence-electron chi connectivity index (χ3n) is 5.15. The van der Waals surface area contributed by atoms with Gasteiger partial charge in [-0.25, -0.2) is 14.3 Å². The molecule has 10 nitrogen and oxygen atoms in total. The van der Waals surface area contributed by atoms with Crippen LogP contribution in [0.25, 0.3) is 5.52 Å². The molecule has 1 amide bonds. The van der Waals surface area contributed by atoms with Crippen LogP contribution in [-0.2, 0) is 16.1 Å². The maximum atomic E-state index is 14.1. The zero-order valence-corrected chi connectivity index (χ0v) is 17.7. The Kier molecular flexibility index (Phi) is 6.03.